The van der Waals surface area contributed by atoms with E-state index in [4.69, 9.17) is 16.3 Å². The van der Waals surface area contributed by atoms with Crippen LogP contribution in [0.1, 0.15) is 5.56 Å². The third-order valence-corrected chi connectivity index (χ3v) is 2.80. The number of ether oxygens (including phenoxy) is 1. The molecule has 1 unspecified atom stereocenters. The van der Waals surface area contributed by atoms with Crippen molar-refractivity contribution in [2.75, 3.05) is 25.6 Å². The first-order valence-electron chi connectivity index (χ1n) is 5.51. The number of hydrogen-bond donors (Lipinski definition) is 3. The van der Waals surface area contributed by atoms with Crippen LogP contribution in [0.4, 0.5) is 10.5 Å². The van der Waals surface area contributed by atoms with E-state index in [0.29, 0.717) is 10.7 Å². The molecule has 0 aliphatic carbocycles. The Morgan fingerprint density at radius 3 is 2.94 bits per heavy atom. The first kappa shape index (κ1) is 14.8. The molecule has 0 spiro atoms. The molecule has 100 valence electrons. The molecule has 0 saturated heterocycles. The van der Waals surface area contributed by atoms with E-state index in [0.717, 1.165) is 5.56 Å². The number of rotatable bonds is 5. The summed E-state index contributed by atoms with van der Waals surface area (Å²) in [7, 11) is 1.48. The Labute approximate surface area is 111 Å². The van der Waals surface area contributed by atoms with E-state index < -0.39 is 12.1 Å². The molecule has 1 aromatic rings. The number of urea groups is 1. The standard InChI is InChI=1S/C12H17ClN2O3/c1-8-4-3-5-10(11(8)13)15-12(17)14-6-9(16)7-18-2/h3-5,9,16H,6-7H2,1-2H3,(H2,14,15,17). The maximum atomic E-state index is 11.6. The number of aliphatic hydroxyl groups excluding tert-OH is 1. The number of nitrogens with one attached hydrogen (secondary N) is 2. The van der Waals surface area contributed by atoms with Gasteiger partial charge in [0.2, 0.25) is 0 Å². The largest absolute Gasteiger partial charge is 0.389 e. The summed E-state index contributed by atoms with van der Waals surface area (Å²) < 4.78 is 4.75. The number of carbonyl (C=O) groups excluding carboxylic acids is 1. The van der Waals surface area contributed by atoms with E-state index in [9.17, 15) is 9.90 Å². The first-order chi connectivity index (χ1) is 8.54. The minimum atomic E-state index is -0.728. The molecule has 2 amide bonds. The summed E-state index contributed by atoms with van der Waals surface area (Å²) in [4.78, 5) is 11.6. The molecule has 18 heavy (non-hydrogen) atoms. The average Bonchev–Trinajstić information content (AvgIpc) is 2.33. The second kappa shape index (κ2) is 7.20. The molecule has 0 bridgehead atoms. The van der Waals surface area contributed by atoms with E-state index in [1.54, 1.807) is 12.1 Å². The van der Waals surface area contributed by atoms with Crippen molar-refractivity contribution in [3.8, 4) is 0 Å². The molecule has 0 aliphatic rings. The highest BCUT2D eigenvalue weighted by molar-refractivity contribution is 6.34. The second-order valence-corrected chi connectivity index (χ2v) is 4.26. The number of amides is 2. The van der Waals surface area contributed by atoms with Gasteiger partial charge in [-0.1, -0.05) is 23.7 Å². The first-order valence-corrected chi connectivity index (χ1v) is 5.89. The van der Waals surface area contributed by atoms with Gasteiger partial charge in [-0.05, 0) is 18.6 Å². The van der Waals surface area contributed by atoms with Crippen LogP contribution < -0.4 is 10.6 Å². The molecular weight excluding hydrogens is 256 g/mol. The molecule has 0 aliphatic heterocycles. The summed E-state index contributed by atoms with van der Waals surface area (Å²) in [6, 6.07) is 4.95. The molecule has 1 rings (SSSR count). The lowest BCUT2D eigenvalue weighted by atomic mass is 10.2. The number of benzene rings is 1. The highest BCUT2D eigenvalue weighted by atomic mass is 35.5. The molecule has 5 nitrogen and oxygen atoms in total. The van der Waals surface area contributed by atoms with Gasteiger partial charge in [0.15, 0.2) is 0 Å². The van der Waals surface area contributed by atoms with Crippen molar-refractivity contribution in [3.63, 3.8) is 0 Å². The van der Waals surface area contributed by atoms with E-state index in [1.165, 1.54) is 7.11 Å². The van der Waals surface area contributed by atoms with Gasteiger partial charge in [-0.3, -0.25) is 0 Å². The van der Waals surface area contributed by atoms with Crippen LogP contribution in [0, 0.1) is 6.92 Å². The van der Waals surface area contributed by atoms with Crippen LogP contribution in [-0.2, 0) is 4.74 Å². The van der Waals surface area contributed by atoms with Crippen LogP contribution in [0.15, 0.2) is 18.2 Å². The van der Waals surface area contributed by atoms with Crippen LogP contribution in [-0.4, -0.2) is 37.5 Å². The number of halogens is 1. The molecule has 6 heteroatoms. The smallest absolute Gasteiger partial charge is 0.319 e. The summed E-state index contributed by atoms with van der Waals surface area (Å²) >= 11 is 6.04. The van der Waals surface area contributed by atoms with Crippen LogP contribution >= 0.6 is 11.6 Å². The summed E-state index contributed by atoms with van der Waals surface area (Å²) in [5.41, 5.74) is 1.42. The highest BCUT2D eigenvalue weighted by Gasteiger charge is 2.09. The SMILES string of the molecule is COCC(O)CNC(=O)Nc1cccc(C)c1Cl. The fraction of sp³-hybridized carbons (Fsp3) is 0.417. The van der Waals surface area contributed by atoms with Crippen molar-refractivity contribution in [1.82, 2.24) is 5.32 Å². The molecule has 0 aromatic heterocycles. The minimum Gasteiger partial charge on any atom is -0.389 e. The number of anilines is 1. The van der Waals surface area contributed by atoms with Gasteiger partial charge in [-0.25, -0.2) is 4.79 Å². The van der Waals surface area contributed by atoms with Crippen LogP contribution in [0.3, 0.4) is 0 Å². The zero-order valence-electron chi connectivity index (χ0n) is 10.4. The fourth-order valence-electron chi connectivity index (χ4n) is 1.37. The number of carbonyl (C=O) groups is 1. The van der Waals surface area contributed by atoms with Crippen LogP contribution in [0.5, 0.6) is 0 Å². The maximum Gasteiger partial charge on any atom is 0.319 e. The lowest BCUT2D eigenvalue weighted by Crippen LogP contribution is -2.37. The Kier molecular flexibility index (Phi) is 5.91. The average molecular weight is 273 g/mol. The number of hydrogen-bond acceptors (Lipinski definition) is 3. The summed E-state index contributed by atoms with van der Waals surface area (Å²) in [5, 5.41) is 15.0. The van der Waals surface area contributed by atoms with Gasteiger partial charge in [0.05, 0.1) is 23.4 Å². The Hall–Kier alpha value is -1.30. The molecule has 0 heterocycles. The molecule has 1 aromatic carbocycles. The van der Waals surface area contributed by atoms with Gasteiger partial charge >= 0.3 is 6.03 Å². The van der Waals surface area contributed by atoms with Crippen molar-refractivity contribution in [1.29, 1.82) is 0 Å². The lowest BCUT2D eigenvalue weighted by molar-refractivity contribution is 0.0663. The van der Waals surface area contributed by atoms with E-state index in [2.05, 4.69) is 10.6 Å². The lowest BCUT2D eigenvalue weighted by Gasteiger charge is -2.12. The third kappa shape index (κ3) is 4.52. The van der Waals surface area contributed by atoms with Gasteiger partial charge in [0.25, 0.3) is 0 Å². The second-order valence-electron chi connectivity index (χ2n) is 3.88. The molecular formula is C12H17ClN2O3. The predicted molar refractivity (Wildman–Crippen MR) is 71.1 cm³/mol. The molecule has 0 fully saturated rings. The van der Waals surface area contributed by atoms with Crippen molar-refractivity contribution in [2.45, 2.75) is 13.0 Å². The minimum absolute atomic E-state index is 0.114. The molecule has 1 atom stereocenters. The van der Waals surface area contributed by atoms with Crippen LogP contribution in [0.2, 0.25) is 5.02 Å². The van der Waals surface area contributed by atoms with Gasteiger partial charge in [0, 0.05) is 13.7 Å². The maximum absolute atomic E-state index is 11.6. The Balaban J connectivity index is 2.47. The van der Waals surface area contributed by atoms with Gasteiger partial charge in [-0.15, -0.1) is 0 Å². The number of aliphatic hydroxyl groups is 1. The monoisotopic (exact) mass is 272 g/mol. The summed E-state index contributed by atoms with van der Waals surface area (Å²) in [6.45, 7) is 2.14. The quantitative estimate of drug-likeness (QED) is 0.765. The Bertz CT molecular complexity index is 412. The van der Waals surface area contributed by atoms with Crippen molar-refractivity contribution in [2.24, 2.45) is 0 Å². The van der Waals surface area contributed by atoms with Gasteiger partial charge in [0.1, 0.15) is 0 Å². The summed E-state index contributed by atoms with van der Waals surface area (Å²) in [6.07, 6.45) is -0.728. The normalized spacial score (nSPS) is 12.0. The molecule has 0 radical (unpaired) electrons. The molecule has 3 N–H and O–H groups in total. The van der Waals surface area contributed by atoms with Gasteiger partial charge < -0.3 is 20.5 Å². The van der Waals surface area contributed by atoms with E-state index >= 15 is 0 Å². The van der Waals surface area contributed by atoms with Gasteiger partial charge in [-0.2, -0.15) is 0 Å². The summed E-state index contributed by atoms with van der Waals surface area (Å²) in [5.74, 6) is 0. The fourth-order valence-corrected chi connectivity index (χ4v) is 1.55. The Morgan fingerprint density at radius 1 is 1.56 bits per heavy atom. The van der Waals surface area contributed by atoms with Crippen LogP contribution in [0.25, 0.3) is 0 Å². The van der Waals surface area contributed by atoms with Crippen molar-refractivity contribution >= 4 is 23.3 Å². The third-order valence-electron chi connectivity index (χ3n) is 2.30. The van der Waals surface area contributed by atoms with E-state index in [1.807, 2.05) is 13.0 Å². The zero-order valence-corrected chi connectivity index (χ0v) is 11.1. The number of methoxy groups -OCH3 is 1. The van der Waals surface area contributed by atoms with Crippen molar-refractivity contribution < 1.29 is 14.6 Å². The topological polar surface area (TPSA) is 70.6 Å². The number of aryl methyl sites for hydroxylation is 1. The zero-order chi connectivity index (χ0) is 13.5. The Morgan fingerprint density at radius 2 is 2.28 bits per heavy atom. The highest BCUT2D eigenvalue weighted by Crippen LogP contribution is 2.24. The van der Waals surface area contributed by atoms with Crippen molar-refractivity contribution in [3.05, 3.63) is 28.8 Å². The predicted octanol–water partition coefficient (Wildman–Crippen LogP) is 1.78. The molecule has 0 saturated carbocycles. The van der Waals surface area contributed by atoms with E-state index in [-0.39, 0.29) is 13.2 Å².